The van der Waals surface area contributed by atoms with Crippen LogP contribution in [0.25, 0.3) is 22.6 Å². The summed E-state index contributed by atoms with van der Waals surface area (Å²) in [7, 11) is 0. The van der Waals surface area contributed by atoms with Crippen molar-refractivity contribution in [2.75, 3.05) is 19.7 Å². The largest absolute Gasteiger partial charge is 0.464 e. The summed E-state index contributed by atoms with van der Waals surface area (Å²) in [5.74, 6) is 0.868. The van der Waals surface area contributed by atoms with Crippen LogP contribution in [0.3, 0.4) is 0 Å². The van der Waals surface area contributed by atoms with Crippen molar-refractivity contribution in [2.24, 2.45) is 0 Å². The summed E-state index contributed by atoms with van der Waals surface area (Å²) in [4.78, 5) is 13.4. The second-order valence-electron chi connectivity index (χ2n) is 6.31. The van der Waals surface area contributed by atoms with E-state index in [1.54, 1.807) is 22.8 Å². The van der Waals surface area contributed by atoms with Crippen molar-refractivity contribution in [1.82, 2.24) is 19.9 Å². The molecule has 2 aromatic heterocycles. The first kappa shape index (κ1) is 16.5. The van der Waals surface area contributed by atoms with E-state index in [1.165, 1.54) is 0 Å². The molecule has 1 amide bonds. The number of nitrogens with zero attached hydrogens (tertiary/aromatic N) is 4. The lowest BCUT2D eigenvalue weighted by atomic mass is 10.0. The highest BCUT2D eigenvalue weighted by Gasteiger charge is 2.23. The van der Waals surface area contributed by atoms with E-state index in [0.717, 1.165) is 22.6 Å². The first-order valence-electron chi connectivity index (χ1n) is 8.61. The maximum absolute atomic E-state index is 11.6. The number of furan rings is 1. The van der Waals surface area contributed by atoms with Crippen LogP contribution < -0.4 is 0 Å². The molecule has 7 nitrogen and oxygen atoms in total. The lowest BCUT2D eigenvalue weighted by Crippen LogP contribution is -2.46. The molecule has 4 rings (SSSR count). The number of ether oxygens (including phenoxy) is 1. The molecule has 0 N–H and O–H groups in total. The molecule has 1 aromatic carbocycles. The van der Waals surface area contributed by atoms with Crippen molar-refractivity contribution >= 4 is 5.91 Å². The zero-order valence-electron chi connectivity index (χ0n) is 14.5. The molecule has 0 spiro atoms. The van der Waals surface area contributed by atoms with E-state index in [-0.39, 0.29) is 12.0 Å². The van der Waals surface area contributed by atoms with Gasteiger partial charge in [0.2, 0.25) is 5.91 Å². The van der Waals surface area contributed by atoms with E-state index >= 15 is 0 Å². The standard InChI is InChI=1S/C19H20N4O3/c1-14(24)22-8-10-25-15(11-22)12-23-13-18(20-21-23)16-5-2-3-6-17(16)19-7-4-9-26-19/h2-7,9,13,15H,8,10-12H2,1H3/t15-/m1/s1. The average Bonchev–Trinajstić information content (AvgIpc) is 3.34. The van der Waals surface area contributed by atoms with Gasteiger partial charge in [-0.1, -0.05) is 29.5 Å². The number of rotatable bonds is 4. The normalized spacial score (nSPS) is 17.4. The van der Waals surface area contributed by atoms with Crippen molar-refractivity contribution in [3.05, 3.63) is 48.9 Å². The number of hydrogen-bond donors (Lipinski definition) is 0. The number of hydrogen-bond acceptors (Lipinski definition) is 5. The molecule has 1 saturated heterocycles. The van der Waals surface area contributed by atoms with E-state index < -0.39 is 0 Å². The van der Waals surface area contributed by atoms with Crippen LogP contribution in [0, 0.1) is 0 Å². The highest BCUT2D eigenvalue weighted by Crippen LogP contribution is 2.30. The Balaban J connectivity index is 1.53. The summed E-state index contributed by atoms with van der Waals surface area (Å²) < 4.78 is 13.1. The van der Waals surface area contributed by atoms with E-state index in [9.17, 15) is 4.79 Å². The first-order valence-corrected chi connectivity index (χ1v) is 8.61. The Hall–Kier alpha value is -2.93. The molecule has 0 radical (unpaired) electrons. The molecule has 0 saturated carbocycles. The molecule has 0 unspecified atom stereocenters. The molecule has 1 aliphatic heterocycles. The molecule has 26 heavy (non-hydrogen) atoms. The Morgan fingerprint density at radius 3 is 2.85 bits per heavy atom. The highest BCUT2D eigenvalue weighted by molar-refractivity contribution is 5.78. The van der Waals surface area contributed by atoms with Gasteiger partial charge in [-0.15, -0.1) is 5.10 Å². The van der Waals surface area contributed by atoms with Gasteiger partial charge in [0, 0.05) is 31.1 Å². The number of morpholine rings is 1. The van der Waals surface area contributed by atoms with Crippen LogP contribution in [0.4, 0.5) is 0 Å². The summed E-state index contributed by atoms with van der Waals surface area (Å²) >= 11 is 0. The number of carbonyl (C=O) groups excluding carboxylic acids is 1. The summed E-state index contributed by atoms with van der Waals surface area (Å²) in [5, 5.41) is 8.54. The van der Waals surface area contributed by atoms with Crippen LogP contribution in [-0.2, 0) is 16.1 Å². The molecule has 0 aliphatic carbocycles. The highest BCUT2D eigenvalue weighted by atomic mass is 16.5. The molecule has 3 heterocycles. The minimum absolute atomic E-state index is 0.0740. The first-order chi connectivity index (χ1) is 12.7. The van der Waals surface area contributed by atoms with Gasteiger partial charge < -0.3 is 14.1 Å². The van der Waals surface area contributed by atoms with Gasteiger partial charge >= 0.3 is 0 Å². The predicted molar refractivity (Wildman–Crippen MR) is 95.2 cm³/mol. The van der Waals surface area contributed by atoms with Crippen molar-refractivity contribution < 1.29 is 13.9 Å². The molecule has 7 heteroatoms. The summed E-state index contributed by atoms with van der Waals surface area (Å²) in [6.45, 7) is 3.91. The van der Waals surface area contributed by atoms with Gasteiger partial charge in [0.25, 0.3) is 0 Å². The molecule has 1 atom stereocenters. The van der Waals surface area contributed by atoms with Crippen LogP contribution in [0.1, 0.15) is 6.92 Å². The lowest BCUT2D eigenvalue weighted by Gasteiger charge is -2.32. The number of benzene rings is 1. The SMILES string of the molecule is CC(=O)N1CCO[C@@H](Cn2cc(-c3ccccc3-c3ccco3)nn2)C1. The van der Waals surface area contributed by atoms with Gasteiger partial charge in [-0.25, -0.2) is 4.68 Å². The molecule has 3 aromatic rings. The fourth-order valence-electron chi connectivity index (χ4n) is 3.19. The molecule has 1 aliphatic rings. The van der Waals surface area contributed by atoms with Gasteiger partial charge in [-0.05, 0) is 12.1 Å². The van der Waals surface area contributed by atoms with Gasteiger partial charge in [0.15, 0.2) is 0 Å². The molecule has 1 fully saturated rings. The van der Waals surface area contributed by atoms with Crippen LogP contribution in [0.2, 0.25) is 0 Å². The topological polar surface area (TPSA) is 73.4 Å². The van der Waals surface area contributed by atoms with Crippen LogP contribution in [-0.4, -0.2) is 51.6 Å². The van der Waals surface area contributed by atoms with E-state index in [4.69, 9.17) is 9.15 Å². The third kappa shape index (κ3) is 3.39. The molecule has 0 bridgehead atoms. The Kier molecular flexibility index (Phi) is 4.53. The predicted octanol–water partition coefficient (Wildman–Crippen LogP) is 2.45. The monoisotopic (exact) mass is 352 g/mol. The van der Waals surface area contributed by atoms with Crippen molar-refractivity contribution in [1.29, 1.82) is 0 Å². The van der Waals surface area contributed by atoms with Crippen LogP contribution >= 0.6 is 0 Å². The van der Waals surface area contributed by atoms with Crippen molar-refractivity contribution in [3.8, 4) is 22.6 Å². The number of carbonyl (C=O) groups is 1. The Labute approximate surface area is 151 Å². The minimum Gasteiger partial charge on any atom is -0.464 e. The quantitative estimate of drug-likeness (QED) is 0.721. The zero-order valence-corrected chi connectivity index (χ0v) is 14.5. The average molecular weight is 352 g/mol. The summed E-state index contributed by atoms with van der Waals surface area (Å²) in [6, 6.07) is 11.7. The second-order valence-corrected chi connectivity index (χ2v) is 6.31. The fourth-order valence-corrected chi connectivity index (χ4v) is 3.19. The summed E-state index contributed by atoms with van der Waals surface area (Å²) in [6.07, 6.45) is 3.48. The number of aromatic nitrogens is 3. The smallest absolute Gasteiger partial charge is 0.219 e. The molecule has 134 valence electrons. The maximum Gasteiger partial charge on any atom is 0.219 e. The van der Waals surface area contributed by atoms with Gasteiger partial charge in [0.05, 0.1) is 31.7 Å². The van der Waals surface area contributed by atoms with Gasteiger partial charge in [-0.2, -0.15) is 0 Å². The zero-order chi connectivity index (χ0) is 17.9. The summed E-state index contributed by atoms with van der Waals surface area (Å²) in [5.41, 5.74) is 2.71. The van der Waals surface area contributed by atoms with E-state index in [0.29, 0.717) is 26.2 Å². The lowest BCUT2D eigenvalue weighted by molar-refractivity contribution is -0.136. The Bertz CT molecular complexity index is 888. The van der Waals surface area contributed by atoms with Gasteiger partial charge in [-0.3, -0.25) is 4.79 Å². The Morgan fingerprint density at radius 1 is 1.23 bits per heavy atom. The van der Waals surface area contributed by atoms with Crippen molar-refractivity contribution in [3.63, 3.8) is 0 Å². The fraction of sp³-hybridized carbons (Fsp3) is 0.316. The maximum atomic E-state index is 11.6. The van der Waals surface area contributed by atoms with Crippen LogP contribution in [0.5, 0.6) is 0 Å². The Morgan fingerprint density at radius 2 is 2.08 bits per heavy atom. The van der Waals surface area contributed by atoms with Crippen LogP contribution in [0.15, 0.2) is 53.3 Å². The van der Waals surface area contributed by atoms with Crippen molar-refractivity contribution in [2.45, 2.75) is 19.6 Å². The van der Waals surface area contributed by atoms with Gasteiger partial charge in [0.1, 0.15) is 11.5 Å². The molecular weight excluding hydrogens is 332 g/mol. The second kappa shape index (κ2) is 7.13. The number of amides is 1. The molecular formula is C19H20N4O3. The third-order valence-corrected chi connectivity index (χ3v) is 4.50. The van der Waals surface area contributed by atoms with E-state index in [1.807, 2.05) is 42.6 Å². The third-order valence-electron chi connectivity index (χ3n) is 4.50. The minimum atomic E-state index is -0.0810. The van der Waals surface area contributed by atoms with E-state index in [2.05, 4.69) is 10.3 Å².